The Kier molecular flexibility index (Phi) is 30.0. The highest BCUT2D eigenvalue weighted by Gasteiger charge is 2.02. The van der Waals surface area contributed by atoms with Crippen LogP contribution in [-0.2, 0) is 0 Å². The standard InChI is InChI=1S/C32H67N/c1-4-7-9-10-11-12-13-14-15-16-17-18-19-20-21-22-23-24-25-26-27-28-29-32-33(30-6-3)31-8-5-2/h4-32H2,1-3H3. The van der Waals surface area contributed by atoms with Gasteiger partial charge in [-0.3, -0.25) is 0 Å². The molecule has 0 radical (unpaired) electrons. The summed E-state index contributed by atoms with van der Waals surface area (Å²) in [5.41, 5.74) is 0. The van der Waals surface area contributed by atoms with Gasteiger partial charge >= 0.3 is 0 Å². The first-order valence-corrected chi connectivity index (χ1v) is 16.1. The molecule has 0 saturated heterocycles. The molecule has 0 unspecified atom stereocenters. The molecule has 0 bridgehead atoms. The molecule has 0 heterocycles. The monoisotopic (exact) mass is 466 g/mol. The predicted molar refractivity (Wildman–Crippen MR) is 154 cm³/mol. The second-order valence-corrected chi connectivity index (χ2v) is 11.0. The van der Waals surface area contributed by atoms with Crippen molar-refractivity contribution in [2.24, 2.45) is 0 Å². The van der Waals surface area contributed by atoms with Crippen LogP contribution in [0, 0.1) is 0 Å². The summed E-state index contributed by atoms with van der Waals surface area (Å²) in [6, 6.07) is 0. The summed E-state index contributed by atoms with van der Waals surface area (Å²) >= 11 is 0. The highest BCUT2D eigenvalue weighted by atomic mass is 15.1. The van der Waals surface area contributed by atoms with Crippen molar-refractivity contribution in [2.45, 2.75) is 188 Å². The number of unbranched alkanes of at least 4 members (excludes halogenated alkanes) is 23. The Labute approximate surface area is 212 Å². The minimum absolute atomic E-state index is 1.30. The Bertz CT molecular complexity index is 326. The molecule has 1 heteroatoms. The van der Waals surface area contributed by atoms with Gasteiger partial charge in [-0.25, -0.2) is 0 Å². The van der Waals surface area contributed by atoms with Crippen molar-refractivity contribution in [1.82, 2.24) is 4.90 Å². The van der Waals surface area contributed by atoms with Crippen molar-refractivity contribution < 1.29 is 0 Å². The molecule has 1 nitrogen and oxygen atoms in total. The minimum atomic E-state index is 1.30. The van der Waals surface area contributed by atoms with E-state index in [0.717, 1.165) is 0 Å². The first-order chi connectivity index (χ1) is 16.3. The van der Waals surface area contributed by atoms with Gasteiger partial charge in [-0.1, -0.05) is 168 Å². The van der Waals surface area contributed by atoms with E-state index in [1.165, 1.54) is 187 Å². The quantitative estimate of drug-likeness (QED) is 0.0992. The fourth-order valence-electron chi connectivity index (χ4n) is 5.15. The molecule has 0 aromatic heterocycles. The molecule has 0 aliphatic heterocycles. The van der Waals surface area contributed by atoms with Crippen molar-refractivity contribution in [3.05, 3.63) is 0 Å². The molecule has 0 rings (SSSR count). The Morgan fingerprint density at radius 2 is 0.515 bits per heavy atom. The van der Waals surface area contributed by atoms with Gasteiger partial charge in [-0.2, -0.15) is 0 Å². The molecule has 200 valence electrons. The van der Waals surface area contributed by atoms with Gasteiger partial charge in [0.05, 0.1) is 0 Å². The van der Waals surface area contributed by atoms with Gasteiger partial charge in [0.1, 0.15) is 0 Å². The van der Waals surface area contributed by atoms with Gasteiger partial charge in [0.25, 0.3) is 0 Å². The Morgan fingerprint density at radius 1 is 0.242 bits per heavy atom. The summed E-state index contributed by atoms with van der Waals surface area (Å²) in [7, 11) is 0. The summed E-state index contributed by atoms with van der Waals surface area (Å²) in [6.07, 6.45) is 37.9. The van der Waals surface area contributed by atoms with E-state index >= 15 is 0 Å². The van der Waals surface area contributed by atoms with Gasteiger partial charge < -0.3 is 4.90 Å². The third-order valence-corrected chi connectivity index (χ3v) is 7.45. The summed E-state index contributed by atoms with van der Waals surface area (Å²) < 4.78 is 0. The fourth-order valence-corrected chi connectivity index (χ4v) is 5.15. The van der Waals surface area contributed by atoms with E-state index in [0.29, 0.717) is 0 Å². The van der Waals surface area contributed by atoms with Crippen LogP contribution in [0.3, 0.4) is 0 Å². The molecule has 0 spiro atoms. The zero-order valence-corrected chi connectivity index (χ0v) is 24.0. The van der Waals surface area contributed by atoms with Crippen LogP contribution in [-0.4, -0.2) is 24.5 Å². The van der Waals surface area contributed by atoms with Crippen molar-refractivity contribution in [3.8, 4) is 0 Å². The highest BCUT2D eigenvalue weighted by Crippen LogP contribution is 2.15. The second kappa shape index (κ2) is 30.0. The molecule has 0 aromatic carbocycles. The largest absolute Gasteiger partial charge is 0.303 e. The van der Waals surface area contributed by atoms with Gasteiger partial charge in [-0.15, -0.1) is 0 Å². The van der Waals surface area contributed by atoms with Gasteiger partial charge in [0.15, 0.2) is 0 Å². The van der Waals surface area contributed by atoms with E-state index < -0.39 is 0 Å². The number of hydrogen-bond donors (Lipinski definition) is 0. The molecule has 0 atom stereocenters. The number of nitrogens with zero attached hydrogens (tertiary/aromatic N) is 1. The van der Waals surface area contributed by atoms with Crippen LogP contribution in [0.5, 0.6) is 0 Å². The third kappa shape index (κ3) is 28.1. The highest BCUT2D eigenvalue weighted by molar-refractivity contribution is 4.58. The Balaban J connectivity index is 3.14. The van der Waals surface area contributed by atoms with Crippen molar-refractivity contribution in [2.75, 3.05) is 19.6 Å². The molecule has 0 saturated carbocycles. The SMILES string of the molecule is CCCCCCCCCCCCCCCCCCCCCCCCCN(CCC)CCCC. The van der Waals surface area contributed by atoms with E-state index in [2.05, 4.69) is 25.7 Å². The lowest BCUT2D eigenvalue weighted by atomic mass is 10.0. The molecule has 0 fully saturated rings. The zero-order chi connectivity index (χ0) is 24.1. The summed E-state index contributed by atoms with van der Waals surface area (Å²) in [4.78, 5) is 2.70. The Morgan fingerprint density at radius 3 is 0.818 bits per heavy atom. The van der Waals surface area contributed by atoms with Crippen LogP contribution in [0.1, 0.15) is 188 Å². The first kappa shape index (κ1) is 33.0. The maximum atomic E-state index is 2.70. The lowest BCUT2D eigenvalue weighted by Crippen LogP contribution is -2.26. The van der Waals surface area contributed by atoms with Crippen molar-refractivity contribution in [1.29, 1.82) is 0 Å². The second-order valence-electron chi connectivity index (χ2n) is 11.0. The minimum Gasteiger partial charge on any atom is -0.303 e. The summed E-state index contributed by atoms with van der Waals surface area (Å²) in [5.74, 6) is 0. The predicted octanol–water partition coefficient (Wildman–Crippen LogP) is 11.5. The van der Waals surface area contributed by atoms with Crippen LogP contribution in [0.4, 0.5) is 0 Å². The van der Waals surface area contributed by atoms with E-state index in [-0.39, 0.29) is 0 Å². The summed E-state index contributed by atoms with van der Waals surface area (Å²) in [6.45, 7) is 10.9. The van der Waals surface area contributed by atoms with Crippen LogP contribution < -0.4 is 0 Å². The molecule has 0 N–H and O–H groups in total. The van der Waals surface area contributed by atoms with Gasteiger partial charge in [-0.05, 0) is 38.9 Å². The zero-order valence-electron chi connectivity index (χ0n) is 24.0. The van der Waals surface area contributed by atoms with Gasteiger partial charge in [0.2, 0.25) is 0 Å². The molecule has 0 aromatic rings. The van der Waals surface area contributed by atoms with E-state index in [9.17, 15) is 0 Å². The van der Waals surface area contributed by atoms with Crippen LogP contribution in [0.15, 0.2) is 0 Å². The Hall–Kier alpha value is -0.0400. The molecule has 0 aliphatic rings. The number of hydrogen-bond acceptors (Lipinski definition) is 1. The van der Waals surface area contributed by atoms with Crippen molar-refractivity contribution in [3.63, 3.8) is 0 Å². The molecule has 0 aliphatic carbocycles. The topological polar surface area (TPSA) is 3.24 Å². The summed E-state index contributed by atoms with van der Waals surface area (Å²) in [5, 5.41) is 0. The fraction of sp³-hybridized carbons (Fsp3) is 1.00. The van der Waals surface area contributed by atoms with E-state index in [1.54, 1.807) is 0 Å². The van der Waals surface area contributed by atoms with E-state index in [1.807, 2.05) is 0 Å². The molecule has 0 amide bonds. The lowest BCUT2D eigenvalue weighted by Gasteiger charge is -2.21. The smallest absolute Gasteiger partial charge is 0.00187 e. The third-order valence-electron chi connectivity index (χ3n) is 7.45. The molecular weight excluding hydrogens is 398 g/mol. The maximum absolute atomic E-state index is 2.70. The normalized spacial score (nSPS) is 11.6. The van der Waals surface area contributed by atoms with Gasteiger partial charge in [0, 0.05) is 0 Å². The van der Waals surface area contributed by atoms with Crippen LogP contribution in [0.25, 0.3) is 0 Å². The maximum Gasteiger partial charge on any atom is -0.00187 e. The first-order valence-electron chi connectivity index (χ1n) is 16.1. The lowest BCUT2D eigenvalue weighted by molar-refractivity contribution is 0.263. The van der Waals surface area contributed by atoms with Crippen LogP contribution >= 0.6 is 0 Å². The molecule has 33 heavy (non-hydrogen) atoms. The average Bonchev–Trinajstić information content (AvgIpc) is 2.82. The number of rotatable bonds is 29. The molecular formula is C32H67N. The van der Waals surface area contributed by atoms with Crippen LogP contribution in [0.2, 0.25) is 0 Å². The van der Waals surface area contributed by atoms with E-state index in [4.69, 9.17) is 0 Å². The van der Waals surface area contributed by atoms with Crippen molar-refractivity contribution >= 4 is 0 Å². The average molecular weight is 466 g/mol.